The van der Waals surface area contributed by atoms with E-state index in [1.54, 1.807) is 7.11 Å². The number of ether oxygens (including phenoxy) is 1. The molecule has 0 rings (SSSR count). The van der Waals surface area contributed by atoms with Gasteiger partial charge in [-0.25, -0.2) is 0 Å². The van der Waals surface area contributed by atoms with E-state index in [9.17, 15) is 0 Å². The molecular formula is C6H12O2. The molecule has 0 fully saturated rings. The van der Waals surface area contributed by atoms with E-state index in [1.165, 1.54) is 0 Å². The first-order valence-corrected chi connectivity index (χ1v) is 2.55. The predicted molar refractivity (Wildman–Crippen MR) is 32.8 cm³/mol. The van der Waals surface area contributed by atoms with Gasteiger partial charge in [-0.15, -0.1) is 0 Å². The quantitative estimate of drug-likeness (QED) is 0.564. The third-order valence-corrected chi connectivity index (χ3v) is 0.986. The van der Waals surface area contributed by atoms with Crippen molar-refractivity contribution in [1.82, 2.24) is 0 Å². The molecule has 0 aliphatic rings. The topological polar surface area (TPSA) is 29.5 Å². The molecule has 2 heteroatoms. The number of methoxy groups -OCH3 is 1. The van der Waals surface area contributed by atoms with Crippen LogP contribution in [-0.4, -0.2) is 18.8 Å². The summed E-state index contributed by atoms with van der Waals surface area (Å²) in [5.41, 5.74) is 0. The Hall–Kier alpha value is -0.500. The molecule has 0 aromatic rings. The lowest BCUT2D eigenvalue weighted by molar-refractivity contribution is 0.152. The lowest BCUT2D eigenvalue weighted by atomic mass is 10.2. The Labute approximate surface area is 49.8 Å². The molecule has 48 valence electrons. The Bertz CT molecular complexity index is 78.6. The summed E-state index contributed by atoms with van der Waals surface area (Å²) >= 11 is 0. The van der Waals surface area contributed by atoms with Gasteiger partial charge < -0.3 is 9.84 Å². The second-order valence-electron chi connectivity index (χ2n) is 1.85. The smallest absolute Gasteiger partial charge is 0.0902 e. The van der Waals surface area contributed by atoms with Crippen LogP contribution in [0.25, 0.3) is 0 Å². The zero-order valence-corrected chi connectivity index (χ0v) is 5.35. The van der Waals surface area contributed by atoms with E-state index < -0.39 is 0 Å². The van der Waals surface area contributed by atoms with Crippen LogP contribution >= 0.6 is 0 Å². The van der Waals surface area contributed by atoms with Crippen LogP contribution in [-0.2, 0) is 4.74 Å². The molecule has 0 aliphatic heterocycles. The molecule has 0 aromatic heterocycles. The minimum atomic E-state index is 0.0556. The molecule has 1 unspecified atom stereocenters. The van der Waals surface area contributed by atoms with Gasteiger partial charge in [0.05, 0.1) is 12.4 Å². The highest BCUT2D eigenvalue weighted by Crippen LogP contribution is 2.02. The fourth-order valence-corrected chi connectivity index (χ4v) is 0.346. The first-order valence-electron chi connectivity index (χ1n) is 2.55. The van der Waals surface area contributed by atoms with Crippen molar-refractivity contribution in [2.24, 2.45) is 5.92 Å². The average molecular weight is 116 g/mol. The summed E-state index contributed by atoms with van der Waals surface area (Å²) in [4.78, 5) is 0. The van der Waals surface area contributed by atoms with Gasteiger partial charge in [0.1, 0.15) is 0 Å². The van der Waals surface area contributed by atoms with Gasteiger partial charge >= 0.3 is 0 Å². The largest absolute Gasteiger partial charge is 0.513 e. The molecule has 0 heterocycles. The Kier molecular flexibility index (Phi) is 3.28. The first-order chi connectivity index (χ1) is 3.68. The maximum Gasteiger partial charge on any atom is 0.0902 e. The highest BCUT2D eigenvalue weighted by molar-refractivity contribution is 4.84. The van der Waals surface area contributed by atoms with E-state index in [4.69, 9.17) is 9.84 Å². The standard InChI is InChI=1S/C6H12O2/c1-5(4-8-3)6(2)7/h5,7H,2,4H2,1,3H3. The third kappa shape index (κ3) is 2.64. The molecule has 8 heavy (non-hydrogen) atoms. The number of aliphatic hydroxyl groups is 1. The zero-order chi connectivity index (χ0) is 6.57. The van der Waals surface area contributed by atoms with Crippen LogP contribution in [0.15, 0.2) is 12.3 Å². The molecule has 0 spiro atoms. The van der Waals surface area contributed by atoms with Gasteiger partial charge in [0.25, 0.3) is 0 Å². The van der Waals surface area contributed by atoms with Crippen molar-refractivity contribution in [3.05, 3.63) is 12.3 Å². The van der Waals surface area contributed by atoms with Gasteiger partial charge in [-0.05, 0) is 0 Å². The summed E-state index contributed by atoms with van der Waals surface area (Å²) in [6.07, 6.45) is 0. The van der Waals surface area contributed by atoms with Crippen LogP contribution in [0.3, 0.4) is 0 Å². The summed E-state index contributed by atoms with van der Waals surface area (Å²) in [7, 11) is 1.60. The van der Waals surface area contributed by atoms with E-state index >= 15 is 0 Å². The molecule has 0 radical (unpaired) electrons. The van der Waals surface area contributed by atoms with Crippen LogP contribution < -0.4 is 0 Å². The summed E-state index contributed by atoms with van der Waals surface area (Å²) < 4.78 is 4.74. The van der Waals surface area contributed by atoms with Crippen molar-refractivity contribution in [3.63, 3.8) is 0 Å². The van der Waals surface area contributed by atoms with E-state index in [-0.39, 0.29) is 11.7 Å². The van der Waals surface area contributed by atoms with E-state index in [2.05, 4.69) is 6.58 Å². The molecule has 1 N–H and O–H groups in total. The third-order valence-electron chi connectivity index (χ3n) is 0.986. The second kappa shape index (κ2) is 3.50. The lowest BCUT2D eigenvalue weighted by Gasteiger charge is -2.05. The molecule has 2 nitrogen and oxygen atoms in total. The van der Waals surface area contributed by atoms with Crippen LogP contribution in [0.1, 0.15) is 6.92 Å². The summed E-state index contributed by atoms with van der Waals surface area (Å²) in [6, 6.07) is 0. The number of aliphatic hydroxyl groups excluding tert-OH is 1. The van der Waals surface area contributed by atoms with Gasteiger partial charge in [0.2, 0.25) is 0 Å². The van der Waals surface area contributed by atoms with E-state index in [1.807, 2.05) is 6.92 Å². The van der Waals surface area contributed by atoms with Gasteiger partial charge in [0.15, 0.2) is 0 Å². The summed E-state index contributed by atoms with van der Waals surface area (Å²) in [6.45, 7) is 5.74. The molecule has 0 saturated heterocycles. The highest BCUT2D eigenvalue weighted by Gasteiger charge is 2.01. The van der Waals surface area contributed by atoms with Crippen LogP contribution in [0.2, 0.25) is 0 Å². The van der Waals surface area contributed by atoms with Crippen molar-refractivity contribution in [2.45, 2.75) is 6.92 Å². The molecule has 0 bridgehead atoms. The number of rotatable bonds is 3. The van der Waals surface area contributed by atoms with Crippen LogP contribution in [0.4, 0.5) is 0 Å². The maximum absolute atomic E-state index is 8.68. The first kappa shape index (κ1) is 7.50. The molecule has 1 atom stereocenters. The fraction of sp³-hybridized carbons (Fsp3) is 0.667. The van der Waals surface area contributed by atoms with Gasteiger partial charge in [-0.3, -0.25) is 0 Å². The molecule has 0 aliphatic carbocycles. The monoisotopic (exact) mass is 116 g/mol. The maximum atomic E-state index is 8.68. The van der Waals surface area contributed by atoms with Crippen molar-refractivity contribution in [2.75, 3.05) is 13.7 Å². The molecule has 0 aromatic carbocycles. The van der Waals surface area contributed by atoms with Gasteiger partial charge in [-0.2, -0.15) is 0 Å². The average Bonchev–Trinajstić information content (AvgIpc) is 1.67. The number of hydrogen-bond acceptors (Lipinski definition) is 2. The van der Waals surface area contributed by atoms with Crippen LogP contribution in [0, 0.1) is 5.92 Å². The van der Waals surface area contributed by atoms with E-state index in [0.717, 1.165) is 0 Å². The van der Waals surface area contributed by atoms with Gasteiger partial charge in [-0.1, -0.05) is 13.5 Å². The molecule has 0 saturated carbocycles. The summed E-state index contributed by atoms with van der Waals surface area (Å²) in [5, 5.41) is 8.68. The minimum absolute atomic E-state index is 0.0556. The Morgan fingerprint density at radius 1 is 1.88 bits per heavy atom. The van der Waals surface area contributed by atoms with Crippen molar-refractivity contribution < 1.29 is 9.84 Å². The minimum Gasteiger partial charge on any atom is -0.513 e. The highest BCUT2D eigenvalue weighted by atomic mass is 16.5. The van der Waals surface area contributed by atoms with Gasteiger partial charge in [0, 0.05) is 13.0 Å². The lowest BCUT2D eigenvalue weighted by Crippen LogP contribution is -2.04. The SMILES string of the molecule is C=C(O)C(C)COC. The molecule has 0 amide bonds. The van der Waals surface area contributed by atoms with Crippen LogP contribution in [0.5, 0.6) is 0 Å². The zero-order valence-electron chi connectivity index (χ0n) is 5.35. The van der Waals surface area contributed by atoms with Crippen molar-refractivity contribution in [3.8, 4) is 0 Å². The second-order valence-corrected chi connectivity index (χ2v) is 1.85. The predicted octanol–water partition coefficient (Wildman–Crippen LogP) is 1.34. The van der Waals surface area contributed by atoms with Crippen molar-refractivity contribution in [1.29, 1.82) is 0 Å². The number of hydrogen-bond donors (Lipinski definition) is 1. The Morgan fingerprint density at radius 2 is 2.38 bits per heavy atom. The Morgan fingerprint density at radius 3 is 2.50 bits per heavy atom. The molecular weight excluding hydrogens is 104 g/mol. The summed E-state index contributed by atoms with van der Waals surface area (Å²) in [5.74, 6) is 0.242. The fourth-order valence-electron chi connectivity index (χ4n) is 0.346. The Balaban J connectivity index is 3.32. The normalized spacial score (nSPS) is 13.2. The van der Waals surface area contributed by atoms with Crippen molar-refractivity contribution >= 4 is 0 Å². The van der Waals surface area contributed by atoms with E-state index in [0.29, 0.717) is 6.61 Å².